The van der Waals surface area contributed by atoms with Crippen LogP contribution in [0.5, 0.6) is 17.2 Å². The van der Waals surface area contributed by atoms with Gasteiger partial charge in [-0.3, -0.25) is 4.79 Å². The zero-order valence-corrected chi connectivity index (χ0v) is 24.5. The fourth-order valence-corrected chi connectivity index (χ4v) is 7.11. The van der Waals surface area contributed by atoms with Crippen molar-refractivity contribution >= 4 is 39.3 Å². The third-order valence-electron chi connectivity index (χ3n) is 7.15. The van der Waals surface area contributed by atoms with Crippen molar-refractivity contribution in [3.05, 3.63) is 101 Å². The lowest BCUT2D eigenvalue weighted by Gasteiger charge is -2.26. The molecule has 0 saturated carbocycles. The maximum absolute atomic E-state index is 14.3. The van der Waals surface area contributed by atoms with E-state index in [9.17, 15) is 18.0 Å². The van der Waals surface area contributed by atoms with Gasteiger partial charge >= 0.3 is 6.09 Å². The van der Waals surface area contributed by atoms with Crippen molar-refractivity contribution < 1.29 is 32.2 Å². The summed E-state index contributed by atoms with van der Waals surface area (Å²) in [5.41, 5.74) is 6.09. The Kier molecular flexibility index (Phi) is 7.61. The highest BCUT2D eigenvalue weighted by Crippen LogP contribution is 2.51. The smallest absolute Gasteiger partial charge is 0.409 e. The molecule has 1 heterocycles. The number of hydrogen-bond acceptors (Lipinski definition) is 7. The number of halogens is 1. The molecule has 1 aliphatic heterocycles. The molecule has 11 heteroatoms. The molecule has 2 N–H and O–H groups in total. The number of hydrogen-bond donors (Lipinski definition) is 1. The summed E-state index contributed by atoms with van der Waals surface area (Å²) in [6.07, 6.45) is -0.934. The number of primary amides is 1. The van der Waals surface area contributed by atoms with E-state index in [0.29, 0.717) is 39.6 Å². The van der Waals surface area contributed by atoms with Crippen molar-refractivity contribution in [2.24, 2.45) is 5.73 Å². The molecule has 1 aliphatic rings. The van der Waals surface area contributed by atoms with Crippen LogP contribution < -0.4 is 24.2 Å². The lowest BCUT2D eigenvalue weighted by atomic mass is 9.77. The van der Waals surface area contributed by atoms with E-state index in [1.807, 2.05) is 6.92 Å². The number of benzene rings is 4. The van der Waals surface area contributed by atoms with Gasteiger partial charge in [0.2, 0.25) is 0 Å². The van der Waals surface area contributed by atoms with Gasteiger partial charge in [0.25, 0.3) is 15.9 Å². The van der Waals surface area contributed by atoms with Crippen molar-refractivity contribution in [1.29, 1.82) is 0 Å². The topological polar surface area (TPSA) is 125 Å². The zero-order chi connectivity index (χ0) is 30.2. The largest absolute Gasteiger partial charge is 0.495 e. The van der Waals surface area contributed by atoms with Gasteiger partial charge in [-0.2, -0.15) is 0 Å². The summed E-state index contributed by atoms with van der Waals surface area (Å²) in [6, 6.07) is 22.8. The van der Waals surface area contributed by atoms with Crippen LogP contribution in [0.4, 0.5) is 10.5 Å². The van der Waals surface area contributed by atoms with E-state index in [-0.39, 0.29) is 22.1 Å². The molecular formula is C31H27ClN2O7S. The average molecular weight is 607 g/mol. The predicted molar refractivity (Wildman–Crippen MR) is 159 cm³/mol. The molecular weight excluding hydrogens is 580 g/mol. The van der Waals surface area contributed by atoms with Gasteiger partial charge in [0, 0.05) is 10.6 Å². The number of methoxy groups -OCH3 is 1. The first-order valence-corrected chi connectivity index (χ1v) is 14.7. The number of nitrogens with zero attached hydrogens (tertiary/aromatic N) is 1. The minimum absolute atomic E-state index is 0.0385. The van der Waals surface area contributed by atoms with Crippen LogP contribution in [0.15, 0.2) is 89.8 Å². The normalized spacial score (nSPS) is 16.2. The maximum Gasteiger partial charge on any atom is 0.409 e. The second-order valence-electron chi connectivity index (χ2n) is 9.60. The Labute approximate surface area is 248 Å². The second-order valence-corrected chi connectivity index (χ2v) is 11.8. The zero-order valence-electron chi connectivity index (χ0n) is 23.0. The first-order chi connectivity index (χ1) is 20.0. The van der Waals surface area contributed by atoms with Crippen LogP contribution in [-0.2, 0) is 20.2 Å². The molecule has 0 aromatic heterocycles. The molecule has 4 aromatic carbocycles. The summed E-state index contributed by atoms with van der Waals surface area (Å²) in [4.78, 5) is 25.1. The number of sulfonamides is 1. The number of amides is 2. The summed E-state index contributed by atoms with van der Waals surface area (Å²) < 4.78 is 45.5. The lowest BCUT2D eigenvalue weighted by Crippen LogP contribution is -2.42. The van der Waals surface area contributed by atoms with Crippen LogP contribution >= 0.6 is 11.6 Å². The van der Waals surface area contributed by atoms with Gasteiger partial charge in [-0.15, -0.1) is 0 Å². The van der Waals surface area contributed by atoms with Crippen LogP contribution in [0.1, 0.15) is 25.0 Å². The standard InChI is InChI=1S/C31H27ClN2O7S/c1-4-40-22-14-15-26-24(18-22)31(2,23-7-5-6-8-25(23)32)29(35)34(26)42(37,38)28-16-11-20(17-27(28)39-3)19-9-12-21(13-10-19)41-30(33)36/h5-18H,4H2,1-3H3,(H2,33,36). The predicted octanol–water partition coefficient (Wildman–Crippen LogP) is 5.91. The highest BCUT2D eigenvalue weighted by molar-refractivity contribution is 7.93. The minimum atomic E-state index is -4.48. The third kappa shape index (κ3) is 4.82. The van der Waals surface area contributed by atoms with Crippen molar-refractivity contribution in [3.8, 4) is 28.4 Å². The molecule has 0 spiro atoms. The van der Waals surface area contributed by atoms with Crippen LogP contribution in [0.25, 0.3) is 11.1 Å². The van der Waals surface area contributed by atoms with E-state index in [2.05, 4.69) is 0 Å². The fourth-order valence-electron chi connectivity index (χ4n) is 5.13. The number of fused-ring (bicyclic) bond motifs is 1. The van der Waals surface area contributed by atoms with Crippen molar-refractivity contribution in [1.82, 2.24) is 0 Å². The minimum Gasteiger partial charge on any atom is -0.495 e. The summed E-state index contributed by atoms with van der Waals surface area (Å²) in [7, 11) is -3.13. The molecule has 0 aliphatic carbocycles. The van der Waals surface area contributed by atoms with Crippen LogP contribution in [0, 0.1) is 0 Å². The molecule has 216 valence electrons. The van der Waals surface area contributed by atoms with Gasteiger partial charge in [-0.1, -0.05) is 48.0 Å². The Hall–Kier alpha value is -4.54. The fraction of sp³-hybridized carbons (Fsp3) is 0.161. The highest BCUT2D eigenvalue weighted by atomic mass is 35.5. The number of nitrogens with two attached hydrogens (primary N) is 1. The van der Waals surface area contributed by atoms with Gasteiger partial charge in [-0.25, -0.2) is 17.5 Å². The number of ether oxygens (including phenoxy) is 3. The summed E-state index contributed by atoms with van der Waals surface area (Å²) in [6.45, 7) is 3.89. The Balaban J connectivity index is 1.62. The molecule has 5 rings (SSSR count). The van der Waals surface area contributed by atoms with Gasteiger partial charge in [0.15, 0.2) is 0 Å². The van der Waals surface area contributed by atoms with Crippen molar-refractivity contribution in [2.75, 3.05) is 18.0 Å². The highest BCUT2D eigenvalue weighted by Gasteiger charge is 2.54. The molecule has 0 bridgehead atoms. The number of carbonyl (C=O) groups is 2. The molecule has 2 amide bonds. The van der Waals surface area contributed by atoms with Gasteiger partial charge in [0.05, 0.1) is 19.4 Å². The van der Waals surface area contributed by atoms with Crippen LogP contribution in [0.2, 0.25) is 5.02 Å². The van der Waals surface area contributed by atoms with Crippen molar-refractivity contribution in [3.63, 3.8) is 0 Å². The number of rotatable bonds is 8. The van der Waals surface area contributed by atoms with Gasteiger partial charge in [-0.05, 0) is 79.1 Å². The van der Waals surface area contributed by atoms with E-state index in [4.69, 9.17) is 31.5 Å². The van der Waals surface area contributed by atoms with E-state index in [1.165, 1.54) is 13.2 Å². The molecule has 9 nitrogen and oxygen atoms in total. The van der Waals surface area contributed by atoms with E-state index in [1.54, 1.807) is 85.8 Å². The molecule has 1 atom stereocenters. The lowest BCUT2D eigenvalue weighted by molar-refractivity contribution is -0.120. The molecule has 0 radical (unpaired) electrons. The second kappa shape index (κ2) is 11.0. The average Bonchev–Trinajstić information content (AvgIpc) is 3.20. The van der Waals surface area contributed by atoms with E-state index >= 15 is 0 Å². The van der Waals surface area contributed by atoms with E-state index < -0.39 is 27.4 Å². The first-order valence-electron chi connectivity index (χ1n) is 12.9. The number of carbonyl (C=O) groups excluding carboxylic acids is 2. The third-order valence-corrected chi connectivity index (χ3v) is 9.22. The van der Waals surface area contributed by atoms with E-state index in [0.717, 1.165) is 4.31 Å². The van der Waals surface area contributed by atoms with Crippen molar-refractivity contribution in [2.45, 2.75) is 24.2 Å². The van der Waals surface area contributed by atoms with Gasteiger partial charge in [0.1, 0.15) is 27.6 Å². The SMILES string of the molecule is CCOc1ccc2c(c1)C(C)(c1ccccc1Cl)C(=O)N2S(=O)(=O)c1ccc(-c2ccc(OC(N)=O)cc2)cc1OC. The molecule has 0 fully saturated rings. The Morgan fingerprint density at radius 2 is 1.60 bits per heavy atom. The molecule has 42 heavy (non-hydrogen) atoms. The quantitative estimate of drug-likeness (QED) is 0.264. The monoisotopic (exact) mass is 606 g/mol. The summed E-state index contributed by atoms with van der Waals surface area (Å²) in [5.74, 6) is 0.112. The van der Waals surface area contributed by atoms with Crippen LogP contribution in [0.3, 0.4) is 0 Å². The van der Waals surface area contributed by atoms with Crippen LogP contribution in [-0.4, -0.2) is 34.1 Å². The summed E-state index contributed by atoms with van der Waals surface area (Å²) >= 11 is 6.56. The molecule has 0 saturated heterocycles. The maximum atomic E-state index is 14.3. The summed E-state index contributed by atoms with van der Waals surface area (Å²) in [5, 5.41) is 0.328. The van der Waals surface area contributed by atoms with Gasteiger partial charge < -0.3 is 19.9 Å². The molecule has 1 unspecified atom stereocenters. The Bertz CT molecular complexity index is 1810. The Morgan fingerprint density at radius 1 is 0.929 bits per heavy atom. The molecule has 4 aromatic rings. The Morgan fingerprint density at radius 3 is 2.24 bits per heavy atom. The number of anilines is 1. The first kappa shape index (κ1) is 29.0.